The highest BCUT2D eigenvalue weighted by Crippen LogP contribution is 2.34. The molecule has 43 heavy (non-hydrogen) atoms. The molecule has 1 saturated carbocycles. The van der Waals surface area contributed by atoms with E-state index in [1.54, 1.807) is 24.5 Å². The van der Waals surface area contributed by atoms with Gasteiger partial charge in [0.1, 0.15) is 24.4 Å². The van der Waals surface area contributed by atoms with Gasteiger partial charge in [-0.1, -0.05) is 0 Å². The number of hydrogen-bond donors (Lipinski definition) is 1. The van der Waals surface area contributed by atoms with Gasteiger partial charge in [-0.15, -0.1) is 0 Å². The van der Waals surface area contributed by atoms with Gasteiger partial charge in [-0.05, 0) is 55.3 Å². The number of fused-ring (bicyclic) bond motifs is 3. The highest BCUT2D eigenvalue weighted by molar-refractivity contribution is 7.92. The average Bonchev–Trinajstić information content (AvgIpc) is 3.82. The number of carbonyl (C=O) groups is 1. The Morgan fingerprint density at radius 3 is 2.74 bits per heavy atom. The van der Waals surface area contributed by atoms with E-state index in [4.69, 9.17) is 14.5 Å². The molecular weight excluding hydrogens is 587 g/mol. The first-order valence-corrected chi connectivity index (χ1v) is 15.1. The highest BCUT2D eigenvalue weighted by atomic mass is 32.2. The molecule has 1 aliphatic carbocycles. The molecular formula is C29H28F3N5O5S. The molecule has 0 unspecified atom stereocenters. The van der Waals surface area contributed by atoms with Crippen LogP contribution < -0.4 is 15.0 Å². The molecule has 5 heterocycles. The molecule has 0 radical (unpaired) electrons. The number of amides is 1. The molecule has 0 bridgehead atoms. The fraction of sp³-hybridized carbons (Fsp3) is 0.310. The topological polar surface area (TPSA) is 124 Å². The minimum atomic E-state index is -4.51. The summed E-state index contributed by atoms with van der Waals surface area (Å²) < 4.78 is 75.5. The Balaban J connectivity index is 0.000000712. The van der Waals surface area contributed by atoms with Crippen LogP contribution in [0.25, 0.3) is 10.9 Å². The molecule has 1 amide bonds. The Hall–Kier alpha value is -4.30. The van der Waals surface area contributed by atoms with Crippen molar-refractivity contribution in [2.24, 2.45) is 0 Å². The van der Waals surface area contributed by atoms with E-state index in [9.17, 15) is 26.4 Å². The standard InChI is InChI=1S/C26H21F2N5O5S.C3H5F.H2/c27-19-8-16(9-22-18(19)13-37-14-23(28)39(22,35)36)26(34)31-12-17-10-20-15(11-30-17)3-4-24(32-20)33-6-7-38-21-2-1-5-29-25(21)33;4-3-1-2-3;/h1-5,8-11,23H,6-7,12-14H2,(H,31,34);3H,1-2H2;1H/t23-;;/m1../s1. The Kier molecular flexibility index (Phi) is 7.88. The lowest BCUT2D eigenvalue weighted by atomic mass is 10.1. The number of nitrogens with one attached hydrogen (secondary N) is 1. The molecule has 226 valence electrons. The number of aromatic nitrogens is 3. The number of anilines is 2. The predicted molar refractivity (Wildman–Crippen MR) is 152 cm³/mol. The second kappa shape index (κ2) is 11.8. The summed E-state index contributed by atoms with van der Waals surface area (Å²) in [5.41, 5.74) is -1.81. The van der Waals surface area contributed by atoms with Gasteiger partial charge in [0.2, 0.25) is 15.3 Å². The fourth-order valence-electron chi connectivity index (χ4n) is 4.52. The molecule has 1 atom stereocenters. The van der Waals surface area contributed by atoms with E-state index in [2.05, 4.69) is 15.3 Å². The van der Waals surface area contributed by atoms with Crippen LogP contribution in [0.1, 0.15) is 35.9 Å². The normalized spacial score (nSPS) is 18.8. The van der Waals surface area contributed by atoms with Gasteiger partial charge in [-0.25, -0.2) is 31.6 Å². The summed E-state index contributed by atoms with van der Waals surface area (Å²) >= 11 is 0. The van der Waals surface area contributed by atoms with Gasteiger partial charge in [0.25, 0.3) is 5.91 Å². The Morgan fingerprint density at radius 2 is 1.95 bits per heavy atom. The van der Waals surface area contributed by atoms with E-state index in [0.717, 1.165) is 30.4 Å². The van der Waals surface area contributed by atoms with Crippen LogP contribution in [0.5, 0.6) is 5.75 Å². The minimum Gasteiger partial charge on any atom is -0.488 e. The van der Waals surface area contributed by atoms with Crippen molar-refractivity contribution in [3.8, 4) is 5.75 Å². The molecule has 3 aliphatic rings. The van der Waals surface area contributed by atoms with Crippen molar-refractivity contribution >= 4 is 38.3 Å². The van der Waals surface area contributed by atoms with E-state index in [0.29, 0.717) is 41.7 Å². The van der Waals surface area contributed by atoms with Gasteiger partial charge >= 0.3 is 0 Å². The lowest BCUT2D eigenvalue weighted by Crippen LogP contribution is -2.30. The van der Waals surface area contributed by atoms with Gasteiger partial charge in [-0.2, -0.15) is 0 Å². The Morgan fingerprint density at radius 1 is 1.14 bits per heavy atom. The van der Waals surface area contributed by atoms with Crippen molar-refractivity contribution in [3.63, 3.8) is 0 Å². The largest absolute Gasteiger partial charge is 0.488 e. The fourth-order valence-corrected chi connectivity index (χ4v) is 5.86. The Labute approximate surface area is 246 Å². The van der Waals surface area contributed by atoms with E-state index in [1.165, 1.54) is 0 Å². The molecule has 1 fully saturated rings. The van der Waals surface area contributed by atoms with E-state index >= 15 is 0 Å². The second-order valence-electron chi connectivity index (χ2n) is 10.1. The molecule has 3 aromatic heterocycles. The maximum Gasteiger partial charge on any atom is 0.251 e. The molecule has 1 aromatic carbocycles. The number of rotatable bonds is 4. The SMILES string of the molecule is FC1CC1.O=C(NCc1cc2nc(N3CCOc4cccnc43)ccc2cn1)c1cc(F)c2c(c1)S(=O)(=O)[C@@H](F)COC2.[HH]. The van der Waals surface area contributed by atoms with Crippen molar-refractivity contribution in [3.05, 3.63) is 77.5 Å². The molecule has 10 nitrogen and oxygen atoms in total. The number of hydrogen-bond acceptors (Lipinski definition) is 9. The molecule has 4 aromatic rings. The van der Waals surface area contributed by atoms with Crippen LogP contribution in [0, 0.1) is 5.82 Å². The maximum atomic E-state index is 14.7. The van der Waals surface area contributed by atoms with Crippen LogP contribution in [-0.4, -0.2) is 60.7 Å². The summed E-state index contributed by atoms with van der Waals surface area (Å²) in [7, 11) is -4.51. The van der Waals surface area contributed by atoms with Crippen molar-refractivity contribution < 1.29 is 37.3 Å². The molecule has 2 aliphatic heterocycles. The predicted octanol–water partition coefficient (Wildman–Crippen LogP) is 4.59. The second-order valence-corrected chi connectivity index (χ2v) is 12.2. The van der Waals surface area contributed by atoms with Crippen molar-refractivity contribution in [2.45, 2.75) is 42.6 Å². The number of nitrogens with zero attached hydrogens (tertiary/aromatic N) is 4. The quantitative estimate of drug-likeness (QED) is 0.351. The van der Waals surface area contributed by atoms with Gasteiger partial charge in [0.05, 0.1) is 42.4 Å². The molecule has 0 spiro atoms. The van der Waals surface area contributed by atoms with Crippen LogP contribution >= 0.6 is 0 Å². The van der Waals surface area contributed by atoms with Crippen LogP contribution in [0.4, 0.5) is 24.8 Å². The summed E-state index contributed by atoms with van der Waals surface area (Å²) in [6.07, 6.45) is 4.52. The summed E-state index contributed by atoms with van der Waals surface area (Å²) in [5.74, 6) is 0.295. The number of alkyl halides is 2. The van der Waals surface area contributed by atoms with E-state index in [1.807, 2.05) is 23.1 Å². The van der Waals surface area contributed by atoms with E-state index < -0.39 is 51.3 Å². The van der Waals surface area contributed by atoms with Gasteiger partial charge in [-0.3, -0.25) is 9.78 Å². The third-order valence-corrected chi connectivity index (χ3v) is 8.75. The third kappa shape index (κ3) is 6.11. The first-order chi connectivity index (χ1) is 20.7. The van der Waals surface area contributed by atoms with Crippen LogP contribution in [0.15, 0.2) is 59.8 Å². The summed E-state index contributed by atoms with van der Waals surface area (Å²) in [5, 5.41) is 3.39. The lowest BCUT2D eigenvalue weighted by Gasteiger charge is -2.29. The van der Waals surface area contributed by atoms with Gasteiger partial charge in [0, 0.05) is 30.3 Å². The van der Waals surface area contributed by atoms with Crippen molar-refractivity contribution in [1.29, 1.82) is 0 Å². The first kappa shape index (κ1) is 28.8. The first-order valence-electron chi connectivity index (χ1n) is 13.5. The van der Waals surface area contributed by atoms with E-state index in [-0.39, 0.29) is 19.1 Å². The monoisotopic (exact) mass is 615 g/mol. The number of benzene rings is 1. The summed E-state index contributed by atoms with van der Waals surface area (Å²) in [6.45, 7) is -0.113. The number of carbonyl (C=O) groups excluding carboxylic acids is 1. The van der Waals surface area contributed by atoms with Crippen LogP contribution in [0.3, 0.4) is 0 Å². The van der Waals surface area contributed by atoms with Gasteiger partial charge in [0.15, 0.2) is 11.6 Å². The van der Waals surface area contributed by atoms with Gasteiger partial charge < -0.3 is 19.7 Å². The zero-order valence-corrected chi connectivity index (χ0v) is 23.5. The van der Waals surface area contributed by atoms with Crippen LogP contribution in [-0.2, 0) is 27.7 Å². The smallest absolute Gasteiger partial charge is 0.251 e. The molecule has 0 saturated heterocycles. The maximum absolute atomic E-state index is 14.7. The molecule has 1 N–H and O–H groups in total. The zero-order valence-electron chi connectivity index (χ0n) is 22.7. The van der Waals surface area contributed by atoms with Crippen molar-refractivity contribution in [1.82, 2.24) is 20.3 Å². The molecule has 7 rings (SSSR count). The summed E-state index contributed by atoms with van der Waals surface area (Å²) in [4.78, 5) is 27.7. The Bertz CT molecular complexity index is 1810. The zero-order chi connectivity index (χ0) is 30.1. The highest BCUT2D eigenvalue weighted by Gasteiger charge is 2.35. The van der Waals surface area contributed by atoms with Crippen LogP contribution in [0.2, 0.25) is 0 Å². The molecule has 14 heteroatoms. The minimum absolute atomic E-state index is 0. The average molecular weight is 616 g/mol. The third-order valence-electron chi connectivity index (χ3n) is 6.96. The number of ether oxygens (including phenoxy) is 2. The number of halogens is 3. The number of sulfone groups is 1. The lowest BCUT2D eigenvalue weighted by molar-refractivity contribution is 0.0938. The summed E-state index contributed by atoms with van der Waals surface area (Å²) in [6, 6.07) is 11.0. The van der Waals surface area contributed by atoms with Crippen molar-refractivity contribution in [2.75, 3.05) is 24.7 Å². The number of pyridine rings is 3.